The van der Waals surface area contributed by atoms with Gasteiger partial charge in [0, 0.05) is 11.6 Å². The molecule has 0 heterocycles. The van der Waals surface area contributed by atoms with Gasteiger partial charge in [-0.3, -0.25) is 4.79 Å². The van der Waals surface area contributed by atoms with E-state index in [0.717, 1.165) is 17.7 Å². The van der Waals surface area contributed by atoms with Crippen LogP contribution in [0.25, 0.3) is 0 Å². The third-order valence-electron chi connectivity index (χ3n) is 2.87. The smallest absolute Gasteiger partial charge is 0.228 e. The Kier molecular flexibility index (Phi) is 5.13. The zero-order valence-corrected chi connectivity index (χ0v) is 11.7. The summed E-state index contributed by atoms with van der Waals surface area (Å²) in [5.74, 6) is 0.0760. The maximum Gasteiger partial charge on any atom is 0.228 e. The molecule has 0 atom stereocenters. The topological polar surface area (TPSA) is 29.1 Å². The Labute approximate surface area is 122 Å². The molecule has 0 bridgehead atoms. The fourth-order valence-electron chi connectivity index (χ4n) is 1.90. The van der Waals surface area contributed by atoms with Crippen LogP contribution in [0.15, 0.2) is 48.5 Å². The van der Waals surface area contributed by atoms with Crippen molar-refractivity contribution in [2.75, 3.05) is 11.2 Å². The van der Waals surface area contributed by atoms with Crippen LogP contribution in [0.4, 0.5) is 10.1 Å². The van der Waals surface area contributed by atoms with Gasteiger partial charge in [0.1, 0.15) is 5.82 Å². The average molecular weight is 292 g/mol. The van der Waals surface area contributed by atoms with E-state index in [2.05, 4.69) is 5.32 Å². The molecule has 0 aliphatic heterocycles. The molecule has 2 rings (SSSR count). The quantitative estimate of drug-likeness (QED) is 0.835. The first-order chi connectivity index (χ1) is 9.67. The van der Waals surface area contributed by atoms with Crippen LogP contribution in [-0.2, 0) is 17.6 Å². The van der Waals surface area contributed by atoms with Crippen LogP contribution < -0.4 is 5.32 Å². The van der Waals surface area contributed by atoms with Gasteiger partial charge in [-0.25, -0.2) is 4.39 Å². The summed E-state index contributed by atoms with van der Waals surface area (Å²) >= 11 is 5.66. The third kappa shape index (κ3) is 4.35. The first-order valence-corrected chi connectivity index (χ1v) is 6.90. The van der Waals surface area contributed by atoms with E-state index in [4.69, 9.17) is 11.6 Å². The van der Waals surface area contributed by atoms with E-state index >= 15 is 0 Å². The van der Waals surface area contributed by atoms with Crippen molar-refractivity contribution < 1.29 is 9.18 Å². The second-order valence-electron chi connectivity index (χ2n) is 4.49. The van der Waals surface area contributed by atoms with Crippen LogP contribution in [0.3, 0.4) is 0 Å². The summed E-state index contributed by atoms with van der Waals surface area (Å²) in [6.45, 7) is 0. The van der Waals surface area contributed by atoms with Gasteiger partial charge in [0.05, 0.1) is 6.42 Å². The number of hydrogen-bond donors (Lipinski definition) is 1. The Morgan fingerprint density at radius 3 is 2.50 bits per heavy atom. The molecule has 0 aliphatic rings. The highest BCUT2D eigenvalue weighted by Crippen LogP contribution is 2.12. The molecule has 4 heteroatoms. The Bertz CT molecular complexity index is 583. The SMILES string of the molecule is O=C(Cc1cccc(F)c1)Nc1ccc(CCCl)cc1. The molecular formula is C16H15ClFNO. The Hall–Kier alpha value is -1.87. The number of anilines is 1. The lowest BCUT2D eigenvalue weighted by Crippen LogP contribution is -2.14. The average Bonchev–Trinajstić information content (AvgIpc) is 2.41. The molecule has 104 valence electrons. The van der Waals surface area contributed by atoms with Gasteiger partial charge < -0.3 is 5.32 Å². The zero-order valence-electron chi connectivity index (χ0n) is 10.9. The summed E-state index contributed by atoms with van der Waals surface area (Å²) in [4.78, 5) is 11.8. The van der Waals surface area contributed by atoms with Crippen molar-refractivity contribution in [3.8, 4) is 0 Å². The van der Waals surface area contributed by atoms with E-state index in [0.29, 0.717) is 11.4 Å². The van der Waals surface area contributed by atoms with E-state index in [9.17, 15) is 9.18 Å². The first kappa shape index (κ1) is 14.5. The molecule has 20 heavy (non-hydrogen) atoms. The number of carbonyl (C=O) groups is 1. The molecule has 1 N–H and O–H groups in total. The first-order valence-electron chi connectivity index (χ1n) is 6.36. The van der Waals surface area contributed by atoms with Gasteiger partial charge in [0.15, 0.2) is 0 Å². The summed E-state index contributed by atoms with van der Waals surface area (Å²) in [6, 6.07) is 13.6. The number of aryl methyl sites for hydroxylation is 1. The number of benzene rings is 2. The fourth-order valence-corrected chi connectivity index (χ4v) is 2.12. The Morgan fingerprint density at radius 2 is 1.85 bits per heavy atom. The molecule has 0 unspecified atom stereocenters. The van der Waals surface area contributed by atoms with Crippen molar-refractivity contribution in [3.63, 3.8) is 0 Å². The van der Waals surface area contributed by atoms with Crippen molar-refractivity contribution in [1.82, 2.24) is 0 Å². The largest absolute Gasteiger partial charge is 0.326 e. The lowest BCUT2D eigenvalue weighted by atomic mass is 10.1. The van der Waals surface area contributed by atoms with Crippen LogP contribution in [0.1, 0.15) is 11.1 Å². The number of carbonyl (C=O) groups excluding carboxylic acids is 1. The lowest BCUT2D eigenvalue weighted by molar-refractivity contribution is -0.115. The third-order valence-corrected chi connectivity index (χ3v) is 3.06. The van der Waals surface area contributed by atoms with E-state index in [1.165, 1.54) is 12.1 Å². The highest BCUT2D eigenvalue weighted by atomic mass is 35.5. The van der Waals surface area contributed by atoms with Gasteiger partial charge >= 0.3 is 0 Å². The number of alkyl halides is 1. The second-order valence-corrected chi connectivity index (χ2v) is 4.87. The molecule has 0 fully saturated rings. The highest BCUT2D eigenvalue weighted by Gasteiger charge is 2.05. The van der Waals surface area contributed by atoms with Crippen LogP contribution in [0.5, 0.6) is 0 Å². The van der Waals surface area contributed by atoms with Gasteiger partial charge in [-0.05, 0) is 41.8 Å². The number of hydrogen-bond acceptors (Lipinski definition) is 1. The van der Waals surface area contributed by atoms with Crippen LogP contribution in [-0.4, -0.2) is 11.8 Å². The number of nitrogens with one attached hydrogen (secondary N) is 1. The Morgan fingerprint density at radius 1 is 1.10 bits per heavy atom. The number of amides is 1. The van der Waals surface area contributed by atoms with Gasteiger partial charge in [0.2, 0.25) is 5.91 Å². The minimum absolute atomic E-state index is 0.154. The van der Waals surface area contributed by atoms with Gasteiger partial charge in [0.25, 0.3) is 0 Å². The predicted molar refractivity (Wildman–Crippen MR) is 79.6 cm³/mol. The second kappa shape index (κ2) is 7.06. The minimum atomic E-state index is -0.333. The molecule has 0 radical (unpaired) electrons. The van der Waals surface area contributed by atoms with Crippen molar-refractivity contribution in [1.29, 1.82) is 0 Å². The predicted octanol–water partition coefficient (Wildman–Crippen LogP) is 3.79. The monoisotopic (exact) mass is 291 g/mol. The van der Waals surface area contributed by atoms with Crippen LogP contribution in [0, 0.1) is 5.82 Å². The van der Waals surface area contributed by atoms with E-state index in [1.807, 2.05) is 24.3 Å². The van der Waals surface area contributed by atoms with E-state index < -0.39 is 0 Å². The molecule has 2 nitrogen and oxygen atoms in total. The summed E-state index contributed by atoms with van der Waals surface area (Å²) < 4.78 is 13.0. The summed E-state index contributed by atoms with van der Waals surface area (Å²) in [5.41, 5.74) is 2.51. The van der Waals surface area contributed by atoms with Crippen molar-refractivity contribution in [2.24, 2.45) is 0 Å². The molecule has 2 aromatic rings. The summed E-state index contributed by atoms with van der Waals surface area (Å²) in [7, 11) is 0. The van der Waals surface area contributed by atoms with E-state index in [-0.39, 0.29) is 18.1 Å². The Balaban J connectivity index is 1.94. The van der Waals surface area contributed by atoms with Gasteiger partial charge in [-0.15, -0.1) is 11.6 Å². The summed E-state index contributed by atoms with van der Waals surface area (Å²) in [5, 5.41) is 2.78. The molecule has 0 aliphatic carbocycles. The molecule has 0 spiro atoms. The minimum Gasteiger partial charge on any atom is -0.326 e. The highest BCUT2D eigenvalue weighted by molar-refractivity contribution is 6.17. The molecular weight excluding hydrogens is 277 g/mol. The maximum absolute atomic E-state index is 13.0. The van der Waals surface area contributed by atoms with Crippen LogP contribution in [0.2, 0.25) is 0 Å². The number of rotatable bonds is 5. The zero-order chi connectivity index (χ0) is 14.4. The summed E-state index contributed by atoms with van der Waals surface area (Å²) in [6.07, 6.45) is 0.959. The van der Waals surface area contributed by atoms with Crippen molar-refractivity contribution in [3.05, 3.63) is 65.5 Å². The molecule has 0 saturated heterocycles. The van der Waals surface area contributed by atoms with Gasteiger partial charge in [-0.1, -0.05) is 24.3 Å². The van der Waals surface area contributed by atoms with Crippen molar-refractivity contribution >= 4 is 23.2 Å². The molecule has 1 amide bonds. The van der Waals surface area contributed by atoms with E-state index in [1.54, 1.807) is 12.1 Å². The molecule has 0 aromatic heterocycles. The standard InChI is InChI=1S/C16H15ClFNO/c17-9-8-12-4-6-15(7-5-12)19-16(20)11-13-2-1-3-14(18)10-13/h1-7,10H,8-9,11H2,(H,19,20). The molecule has 0 saturated carbocycles. The molecule has 2 aromatic carbocycles. The van der Waals surface area contributed by atoms with Crippen molar-refractivity contribution in [2.45, 2.75) is 12.8 Å². The normalized spacial score (nSPS) is 10.3. The van der Waals surface area contributed by atoms with Gasteiger partial charge in [-0.2, -0.15) is 0 Å². The maximum atomic E-state index is 13.0. The van der Waals surface area contributed by atoms with Crippen LogP contribution >= 0.6 is 11.6 Å². The fraction of sp³-hybridized carbons (Fsp3) is 0.188. The number of halogens is 2. The lowest BCUT2D eigenvalue weighted by Gasteiger charge is -2.06.